The Hall–Kier alpha value is -3.06. The highest BCUT2D eigenvalue weighted by atomic mass is 35.5. The molecule has 0 bridgehead atoms. The van der Waals surface area contributed by atoms with Crippen LogP contribution in [0, 0.1) is 13.8 Å². The Kier molecular flexibility index (Phi) is 5.98. The quantitative estimate of drug-likeness (QED) is 0.292. The van der Waals surface area contributed by atoms with Crippen LogP contribution in [0.3, 0.4) is 0 Å². The van der Waals surface area contributed by atoms with Gasteiger partial charge in [-0.3, -0.25) is 4.79 Å². The molecule has 0 saturated carbocycles. The number of hydrogen-bond donors (Lipinski definition) is 0. The molecule has 0 aliphatic carbocycles. The van der Waals surface area contributed by atoms with Crippen LogP contribution in [0.1, 0.15) is 22.3 Å². The molecular formula is C26H20Cl2N2O3S. The number of aromatic nitrogens is 2. The standard InChI is InChI=1S/C26H20Cl2N2O3S/c1-14-8-20-21(9-15(14)2)30-25(31)24(34-26(30)29-20)12-16-5-7-22(23(11-16)32-3)33-13-17-4-6-18(27)19(28)10-17/h4-12H,13H2,1-3H3/b24-12-. The average Bonchev–Trinajstić information content (AvgIpc) is 3.30. The zero-order valence-corrected chi connectivity index (χ0v) is 21.0. The van der Waals surface area contributed by atoms with E-state index in [0.29, 0.717) is 37.6 Å². The molecule has 5 aromatic rings. The van der Waals surface area contributed by atoms with Crippen molar-refractivity contribution < 1.29 is 9.47 Å². The highest BCUT2D eigenvalue weighted by molar-refractivity contribution is 7.15. The number of fused-ring (bicyclic) bond motifs is 3. The largest absolute Gasteiger partial charge is 0.493 e. The summed E-state index contributed by atoms with van der Waals surface area (Å²) in [4.78, 5) is 18.5. The number of imidazole rings is 1. The first kappa shape index (κ1) is 22.7. The number of methoxy groups -OCH3 is 1. The minimum Gasteiger partial charge on any atom is -0.493 e. The molecule has 0 spiro atoms. The molecule has 0 amide bonds. The topological polar surface area (TPSA) is 52.8 Å². The van der Waals surface area contributed by atoms with Crippen LogP contribution in [-0.2, 0) is 6.61 Å². The van der Waals surface area contributed by atoms with Gasteiger partial charge in [-0.15, -0.1) is 0 Å². The highest BCUT2D eigenvalue weighted by Crippen LogP contribution is 2.30. The van der Waals surface area contributed by atoms with E-state index >= 15 is 0 Å². The van der Waals surface area contributed by atoms with Crippen molar-refractivity contribution in [1.82, 2.24) is 9.38 Å². The zero-order chi connectivity index (χ0) is 24.0. The number of aryl methyl sites for hydroxylation is 2. The van der Waals surface area contributed by atoms with Crippen LogP contribution in [0.15, 0.2) is 53.3 Å². The van der Waals surface area contributed by atoms with Gasteiger partial charge in [0.2, 0.25) is 0 Å². The summed E-state index contributed by atoms with van der Waals surface area (Å²) in [5.41, 5.74) is 5.60. The van der Waals surface area contributed by atoms with E-state index in [1.54, 1.807) is 23.6 Å². The first-order valence-corrected chi connectivity index (χ1v) is 12.1. The predicted molar refractivity (Wildman–Crippen MR) is 139 cm³/mol. The zero-order valence-electron chi connectivity index (χ0n) is 18.7. The molecule has 172 valence electrons. The fraction of sp³-hybridized carbons (Fsp3) is 0.154. The van der Waals surface area contributed by atoms with Gasteiger partial charge in [0.1, 0.15) is 6.61 Å². The summed E-state index contributed by atoms with van der Waals surface area (Å²) < 4.78 is 13.7. The van der Waals surface area contributed by atoms with Crippen LogP contribution in [0.25, 0.3) is 22.1 Å². The number of halogens is 2. The summed E-state index contributed by atoms with van der Waals surface area (Å²) >= 11 is 13.4. The molecule has 34 heavy (non-hydrogen) atoms. The maximum Gasteiger partial charge on any atom is 0.274 e. The van der Waals surface area contributed by atoms with Gasteiger partial charge in [-0.2, -0.15) is 0 Å². The fourth-order valence-corrected chi connectivity index (χ4v) is 5.06. The monoisotopic (exact) mass is 510 g/mol. The van der Waals surface area contributed by atoms with Crippen molar-refractivity contribution >= 4 is 56.6 Å². The van der Waals surface area contributed by atoms with Crippen LogP contribution < -0.4 is 19.6 Å². The lowest BCUT2D eigenvalue weighted by atomic mass is 10.1. The number of nitrogens with zero attached hydrogens (tertiary/aromatic N) is 2. The van der Waals surface area contributed by atoms with E-state index in [-0.39, 0.29) is 5.56 Å². The van der Waals surface area contributed by atoms with Gasteiger partial charge in [0, 0.05) is 0 Å². The third-order valence-electron chi connectivity index (χ3n) is 5.72. The van der Waals surface area contributed by atoms with E-state index in [9.17, 15) is 4.79 Å². The van der Waals surface area contributed by atoms with Gasteiger partial charge in [0.05, 0.1) is 32.7 Å². The minimum atomic E-state index is -0.0790. The number of benzene rings is 3. The lowest BCUT2D eigenvalue weighted by molar-refractivity contribution is 0.284. The van der Waals surface area contributed by atoms with Crippen molar-refractivity contribution in [2.24, 2.45) is 0 Å². The molecule has 0 unspecified atom stereocenters. The molecule has 0 aliphatic rings. The average molecular weight is 511 g/mol. The second-order valence-corrected chi connectivity index (χ2v) is 9.84. The Bertz CT molecular complexity index is 1670. The summed E-state index contributed by atoms with van der Waals surface area (Å²) in [6, 6.07) is 15.0. The van der Waals surface area contributed by atoms with Gasteiger partial charge < -0.3 is 9.47 Å². The van der Waals surface area contributed by atoms with Crippen molar-refractivity contribution in [3.63, 3.8) is 0 Å². The summed E-state index contributed by atoms with van der Waals surface area (Å²) in [6.07, 6.45) is 1.85. The van der Waals surface area contributed by atoms with E-state index in [4.69, 9.17) is 32.7 Å². The molecule has 3 aromatic carbocycles. The molecular weight excluding hydrogens is 491 g/mol. The molecule has 2 aromatic heterocycles. The van der Waals surface area contributed by atoms with E-state index < -0.39 is 0 Å². The van der Waals surface area contributed by atoms with Crippen molar-refractivity contribution in [2.75, 3.05) is 7.11 Å². The highest BCUT2D eigenvalue weighted by Gasteiger charge is 2.13. The lowest BCUT2D eigenvalue weighted by Gasteiger charge is -2.11. The van der Waals surface area contributed by atoms with Crippen molar-refractivity contribution in [3.8, 4) is 11.5 Å². The maximum atomic E-state index is 13.2. The Morgan fingerprint density at radius 2 is 1.79 bits per heavy atom. The molecule has 5 nitrogen and oxygen atoms in total. The summed E-state index contributed by atoms with van der Waals surface area (Å²) in [6.45, 7) is 4.40. The van der Waals surface area contributed by atoms with Crippen LogP contribution >= 0.6 is 34.5 Å². The van der Waals surface area contributed by atoms with E-state index in [1.165, 1.54) is 11.3 Å². The van der Waals surface area contributed by atoms with Crippen LogP contribution in [0.4, 0.5) is 0 Å². The number of thiazole rings is 1. The van der Waals surface area contributed by atoms with Crippen molar-refractivity contribution in [2.45, 2.75) is 20.5 Å². The summed E-state index contributed by atoms with van der Waals surface area (Å²) in [5.74, 6) is 1.16. The maximum absolute atomic E-state index is 13.2. The van der Waals surface area contributed by atoms with Crippen LogP contribution in [0.2, 0.25) is 10.0 Å². The molecule has 5 rings (SSSR count). The molecule has 2 heterocycles. The molecule has 0 fully saturated rings. The molecule has 0 atom stereocenters. The predicted octanol–water partition coefficient (Wildman–Crippen LogP) is 5.97. The molecule has 8 heteroatoms. The summed E-state index contributed by atoms with van der Waals surface area (Å²) in [5, 5.41) is 0.980. The van der Waals surface area contributed by atoms with Gasteiger partial charge in [-0.05, 0) is 78.6 Å². The van der Waals surface area contributed by atoms with Gasteiger partial charge in [0.15, 0.2) is 16.5 Å². The minimum absolute atomic E-state index is 0.0790. The van der Waals surface area contributed by atoms with Crippen molar-refractivity contribution in [3.05, 3.63) is 95.7 Å². The SMILES string of the molecule is COc1cc(/C=c2\sc3nc4cc(C)c(C)cc4n3c2=O)ccc1OCc1ccc(Cl)c(Cl)c1. The Morgan fingerprint density at radius 3 is 2.56 bits per heavy atom. The second kappa shape index (κ2) is 8.95. The van der Waals surface area contributed by atoms with Gasteiger partial charge in [-0.1, -0.05) is 46.7 Å². The molecule has 0 N–H and O–H groups in total. The molecule has 0 saturated heterocycles. The van der Waals surface area contributed by atoms with Gasteiger partial charge in [-0.25, -0.2) is 9.38 Å². The van der Waals surface area contributed by atoms with E-state index in [0.717, 1.165) is 33.3 Å². The Morgan fingerprint density at radius 1 is 1.00 bits per heavy atom. The number of rotatable bonds is 5. The summed E-state index contributed by atoms with van der Waals surface area (Å²) in [7, 11) is 1.58. The van der Waals surface area contributed by atoms with E-state index in [1.807, 2.05) is 56.3 Å². The number of hydrogen-bond acceptors (Lipinski definition) is 5. The Balaban J connectivity index is 1.47. The van der Waals surface area contributed by atoms with Crippen molar-refractivity contribution in [1.29, 1.82) is 0 Å². The third-order valence-corrected chi connectivity index (χ3v) is 7.43. The number of ether oxygens (including phenoxy) is 2. The Labute approximate surface area is 209 Å². The smallest absolute Gasteiger partial charge is 0.274 e. The van der Waals surface area contributed by atoms with Crippen LogP contribution in [-0.4, -0.2) is 16.5 Å². The van der Waals surface area contributed by atoms with Gasteiger partial charge in [0.25, 0.3) is 5.56 Å². The van der Waals surface area contributed by atoms with Crippen LogP contribution in [0.5, 0.6) is 11.5 Å². The van der Waals surface area contributed by atoms with Gasteiger partial charge >= 0.3 is 0 Å². The normalized spacial score (nSPS) is 12.1. The first-order valence-electron chi connectivity index (χ1n) is 10.5. The first-order chi connectivity index (χ1) is 16.3. The fourth-order valence-electron chi connectivity index (χ4n) is 3.75. The molecule has 0 radical (unpaired) electrons. The van der Waals surface area contributed by atoms with E-state index in [2.05, 4.69) is 4.98 Å². The molecule has 0 aliphatic heterocycles. The second-order valence-electron chi connectivity index (χ2n) is 8.02. The third kappa shape index (κ3) is 4.13. The lowest BCUT2D eigenvalue weighted by Crippen LogP contribution is -2.22.